The minimum absolute atomic E-state index is 0.315. The van der Waals surface area contributed by atoms with Gasteiger partial charge < -0.3 is 0 Å². The first-order chi connectivity index (χ1) is 5.75. The monoisotopic (exact) mass is 166 g/mol. The maximum absolute atomic E-state index is 11.5. The second-order valence-corrected chi connectivity index (χ2v) is 3.75. The van der Waals surface area contributed by atoms with E-state index >= 15 is 0 Å². The number of hydrogen-bond acceptors (Lipinski definition) is 1. The van der Waals surface area contributed by atoms with Crippen LogP contribution < -0.4 is 0 Å². The van der Waals surface area contributed by atoms with Crippen molar-refractivity contribution in [1.82, 2.24) is 0 Å². The average Bonchev–Trinajstić information content (AvgIpc) is 2.04. The second kappa shape index (κ2) is 4.44. The third-order valence-corrected chi connectivity index (χ3v) is 2.81. The van der Waals surface area contributed by atoms with E-state index in [2.05, 4.69) is 13.0 Å². The van der Waals surface area contributed by atoms with Gasteiger partial charge in [-0.25, -0.2) is 0 Å². The van der Waals surface area contributed by atoms with E-state index in [-0.39, 0.29) is 0 Å². The Balaban J connectivity index is 2.51. The van der Waals surface area contributed by atoms with Crippen molar-refractivity contribution in [2.24, 2.45) is 11.8 Å². The fraction of sp³-hybridized carbons (Fsp3) is 0.727. The minimum atomic E-state index is 0.315. The summed E-state index contributed by atoms with van der Waals surface area (Å²) in [6.45, 7) is 4.21. The van der Waals surface area contributed by atoms with Crippen LogP contribution >= 0.6 is 0 Å². The minimum Gasteiger partial charge on any atom is -0.299 e. The van der Waals surface area contributed by atoms with Gasteiger partial charge in [-0.15, -0.1) is 0 Å². The molecule has 0 bridgehead atoms. The van der Waals surface area contributed by atoms with Gasteiger partial charge in [-0.2, -0.15) is 0 Å². The van der Waals surface area contributed by atoms with Gasteiger partial charge in [-0.1, -0.05) is 19.1 Å². The molecule has 1 heteroatoms. The lowest BCUT2D eigenvalue weighted by Gasteiger charge is -2.26. The Morgan fingerprint density at radius 1 is 1.58 bits per heavy atom. The fourth-order valence-corrected chi connectivity index (χ4v) is 1.95. The first-order valence-electron chi connectivity index (χ1n) is 4.89. The number of carbonyl (C=O) groups excluding carboxylic acids is 1. The first kappa shape index (κ1) is 9.50. The van der Waals surface area contributed by atoms with E-state index in [1.165, 1.54) is 6.42 Å². The van der Waals surface area contributed by atoms with E-state index in [0.717, 1.165) is 19.3 Å². The molecule has 68 valence electrons. The number of Topliss-reactive ketones (excluding diaryl/α,β-unsaturated/α-hetero) is 1. The van der Waals surface area contributed by atoms with Crippen LogP contribution in [0.15, 0.2) is 12.2 Å². The molecule has 2 atom stereocenters. The highest BCUT2D eigenvalue weighted by molar-refractivity contribution is 5.82. The Hall–Kier alpha value is -0.590. The average molecular weight is 166 g/mol. The summed E-state index contributed by atoms with van der Waals surface area (Å²) in [7, 11) is 0. The molecule has 0 aromatic rings. The van der Waals surface area contributed by atoms with Crippen LogP contribution in [0.2, 0.25) is 0 Å². The van der Waals surface area contributed by atoms with Crippen LogP contribution in [-0.4, -0.2) is 5.78 Å². The molecule has 1 nitrogen and oxygen atoms in total. The van der Waals surface area contributed by atoms with Gasteiger partial charge in [0.05, 0.1) is 0 Å². The Morgan fingerprint density at radius 2 is 2.33 bits per heavy atom. The lowest BCUT2D eigenvalue weighted by molar-refractivity contribution is -0.126. The van der Waals surface area contributed by atoms with Crippen molar-refractivity contribution in [3.63, 3.8) is 0 Å². The molecule has 0 radical (unpaired) electrons. The molecule has 1 fully saturated rings. The molecule has 12 heavy (non-hydrogen) atoms. The van der Waals surface area contributed by atoms with Gasteiger partial charge in [0.25, 0.3) is 0 Å². The van der Waals surface area contributed by atoms with Gasteiger partial charge in [0.2, 0.25) is 0 Å². The number of ketones is 1. The molecule has 0 unspecified atom stereocenters. The predicted molar refractivity (Wildman–Crippen MR) is 50.9 cm³/mol. The highest BCUT2D eigenvalue weighted by Gasteiger charge is 2.27. The van der Waals surface area contributed by atoms with E-state index < -0.39 is 0 Å². The Labute approximate surface area is 74.9 Å². The highest BCUT2D eigenvalue weighted by Crippen LogP contribution is 2.29. The van der Waals surface area contributed by atoms with Gasteiger partial charge in [-0.3, -0.25) is 4.79 Å². The third-order valence-electron chi connectivity index (χ3n) is 2.81. The molecular formula is C11H18O. The molecule has 0 heterocycles. The second-order valence-electron chi connectivity index (χ2n) is 3.75. The highest BCUT2D eigenvalue weighted by atomic mass is 16.1. The van der Waals surface area contributed by atoms with Crippen molar-refractivity contribution < 1.29 is 4.79 Å². The van der Waals surface area contributed by atoms with Gasteiger partial charge >= 0.3 is 0 Å². The zero-order chi connectivity index (χ0) is 8.97. The van der Waals surface area contributed by atoms with Crippen molar-refractivity contribution in [3.05, 3.63) is 12.2 Å². The van der Waals surface area contributed by atoms with E-state index in [9.17, 15) is 4.79 Å². The van der Waals surface area contributed by atoms with Crippen molar-refractivity contribution >= 4 is 5.78 Å². The molecule has 1 saturated carbocycles. The summed E-state index contributed by atoms with van der Waals surface area (Å²) in [5, 5.41) is 0. The van der Waals surface area contributed by atoms with Gasteiger partial charge in [0, 0.05) is 12.3 Å². The van der Waals surface area contributed by atoms with Crippen molar-refractivity contribution in [1.29, 1.82) is 0 Å². The topological polar surface area (TPSA) is 17.1 Å². The van der Waals surface area contributed by atoms with Crippen LogP contribution in [0.1, 0.15) is 39.5 Å². The predicted octanol–water partition coefficient (Wildman–Crippen LogP) is 2.96. The van der Waals surface area contributed by atoms with Crippen LogP contribution in [0.5, 0.6) is 0 Å². The molecule has 1 aliphatic rings. The molecule has 0 saturated heterocycles. The summed E-state index contributed by atoms with van der Waals surface area (Å²) in [4.78, 5) is 11.5. The van der Waals surface area contributed by atoms with E-state index in [1.54, 1.807) is 0 Å². The SMILES string of the molecule is CC=CC[C@@H]1C(=O)CCC[C@H]1C. The summed E-state index contributed by atoms with van der Waals surface area (Å²) in [5.74, 6) is 1.39. The maximum atomic E-state index is 11.5. The van der Waals surface area contributed by atoms with E-state index in [0.29, 0.717) is 17.6 Å². The van der Waals surface area contributed by atoms with Gasteiger partial charge in [0.1, 0.15) is 5.78 Å². The largest absolute Gasteiger partial charge is 0.299 e. The lowest BCUT2D eigenvalue weighted by Crippen LogP contribution is -2.25. The zero-order valence-corrected chi connectivity index (χ0v) is 8.05. The Bertz CT molecular complexity index is 181. The molecule has 0 aliphatic heterocycles. The van der Waals surface area contributed by atoms with Crippen LogP contribution in [0.4, 0.5) is 0 Å². The molecule has 0 N–H and O–H groups in total. The van der Waals surface area contributed by atoms with Gasteiger partial charge in [-0.05, 0) is 32.1 Å². The maximum Gasteiger partial charge on any atom is 0.136 e. The molecule has 0 aromatic carbocycles. The molecule has 0 spiro atoms. The number of rotatable bonds is 2. The standard InChI is InChI=1S/C11H18O/c1-3-4-7-10-9(2)6-5-8-11(10)12/h3-4,9-10H,5-8H2,1-2H3/t9-,10+/m1/s1. The Kier molecular flexibility index (Phi) is 3.51. The molecule has 0 amide bonds. The summed E-state index contributed by atoms with van der Waals surface area (Å²) in [6, 6.07) is 0. The summed E-state index contributed by atoms with van der Waals surface area (Å²) < 4.78 is 0. The van der Waals surface area contributed by atoms with Crippen molar-refractivity contribution in [3.8, 4) is 0 Å². The normalized spacial score (nSPS) is 31.3. The van der Waals surface area contributed by atoms with Crippen molar-refractivity contribution in [2.45, 2.75) is 39.5 Å². The first-order valence-corrected chi connectivity index (χ1v) is 4.89. The summed E-state index contributed by atoms with van der Waals surface area (Å²) in [6.07, 6.45) is 8.25. The van der Waals surface area contributed by atoms with E-state index in [1.807, 2.05) is 13.0 Å². The van der Waals surface area contributed by atoms with Crippen LogP contribution in [-0.2, 0) is 4.79 Å². The smallest absolute Gasteiger partial charge is 0.136 e. The van der Waals surface area contributed by atoms with Crippen LogP contribution in [0.3, 0.4) is 0 Å². The van der Waals surface area contributed by atoms with Gasteiger partial charge in [0.15, 0.2) is 0 Å². The van der Waals surface area contributed by atoms with Crippen LogP contribution in [0, 0.1) is 11.8 Å². The number of carbonyl (C=O) groups is 1. The quantitative estimate of drug-likeness (QED) is 0.576. The lowest BCUT2D eigenvalue weighted by atomic mass is 9.78. The Morgan fingerprint density at radius 3 is 2.92 bits per heavy atom. The fourth-order valence-electron chi connectivity index (χ4n) is 1.95. The number of hydrogen-bond donors (Lipinski definition) is 0. The summed E-state index contributed by atoms with van der Waals surface area (Å²) >= 11 is 0. The number of allylic oxidation sites excluding steroid dienone is 2. The van der Waals surface area contributed by atoms with Crippen molar-refractivity contribution in [2.75, 3.05) is 0 Å². The molecule has 1 rings (SSSR count). The van der Waals surface area contributed by atoms with Crippen LogP contribution in [0.25, 0.3) is 0 Å². The zero-order valence-electron chi connectivity index (χ0n) is 8.05. The third kappa shape index (κ3) is 2.20. The molecule has 1 aliphatic carbocycles. The molecular weight excluding hydrogens is 148 g/mol. The molecule has 0 aromatic heterocycles. The van der Waals surface area contributed by atoms with E-state index in [4.69, 9.17) is 0 Å². The summed E-state index contributed by atoms with van der Waals surface area (Å²) in [5.41, 5.74) is 0.